The average Bonchev–Trinajstić information content (AvgIpc) is 2.95. The van der Waals surface area contributed by atoms with Crippen LogP contribution in [0.4, 0.5) is 4.79 Å². The molecule has 2 aliphatic heterocycles. The number of piperidine rings is 1. The van der Waals surface area contributed by atoms with Crippen molar-refractivity contribution in [3.8, 4) is 5.75 Å². The van der Waals surface area contributed by atoms with Crippen molar-refractivity contribution in [3.63, 3.8) is 0 Å². The number of thioether (sulfide) groups is 1. The first-order chi connectivity index (χ1) is 13.1. The van der Waals surface area contributed by atoms with E-state index in [1.807, 2.05) is 31.2 Å². The van der Waals surface area contributed by atoms with Gasteiger partial charge in [-0.05, 0) is 49.6 Å². The molecule has 1 aromatic rings. The van der Waals surface area contributed by atoms with Gasteiger partial charge in [-0.25, -0.2) is 0 Å². The Bertz CT molecular complexity index is 756. The summed E-state index contributed by atoms with van der Waals surface area (Å²) in [5.74, 6) is 0.0983. The first-order valence-corrected chi connectivity index (χ1v) is 10.2. The molecule has 2 saturated heterocycles. The van der Waals surface area contributed by atoms with Crippen LogP contribution in [0.5, 0.6) is 5.75 Å². The van der Waals surface area contributed by atoms with Crippen LogP contribution in [0.1, 0.15) is 38.2 Å². The van der Waals surface area contributed by atoms with Gasteiger partial charge in [-0.3, -0.25) is 19.3 Å². The Morgan fingerprint density at radius 3 is 2.67 bits per heavy atom. The van der Waals surface area contributed by atoms with Gasteiger partial charge < -0.3 is 9.64 Å². The lowest BCUT2D eigenvalue weighted by Gasteiger charge is -2.27. The largest absolute Gasteiger partial charge is 0.493 e. The van der Waals surface area contributed by atoms with Crippen LogP contribution < -0.4 is 4.74 Å². The molecule has 6 nitrogen and oxygen atoms in total. The number of rotatable bonds is 6. The monoisotopic (exact) mass is 388 g/mol. The van der Waals surface area contributed by atoms with Gasteiger partial charge in [0, 0.05) is 18.7 Å². The SMILES string of the molecule is CCCOc1ccccc1/C=C1/SC(=O)N(CC(=O)N2CCCCC2)C1=O. The van der Waals surface area contributed by atoms with Crippen molar-refractivity contribution >= 4 is 34.9 Å². The normalized spacial score (nSPS) is 19.1. The van der Waals surface area contributed by atoms with Gasteiger partial charge in [-0.1, -0.05) is 25.1 Å². The first kappa shape index (κ1) is 19.5. The topological polar surface area (TPSA) is 66.9 Å². The van der Waals surface area contributed by atoms with E-state index in [-0.39, 0.29) is 12.5 Å². The zero-order chi connectivity index (χ0) is 19.2. The average molecular weight is 388 g/mol. The number of hydrogen-bond acceptors (Lipinski definition) is 5. The summed E-state index contributed by atoms with van der Waals surface area (Å²) in [6.07, 6.45) is 5.61. The van der Waals surface area contributed by atoms with Crippen LogP contribution >= 0.6 is 11.8 Å². The molecule has 0 spiro atoms. The third kappa shape index (κ3) is 4.71. The highest BCUT2D eigenvalue weighted by Crippen LogP contribution is 2.34. The van der Waals surface area contributed by atoms with Crippen LogP contribution in [-0.2, 0) is 9.59 Å². The van der Waals surface area contributed by atoms with E-state index in [1.54, 1.807) is 11.0 Å². The number of nitrogens with zero attached hydrogens (tertiary/aromatic N) is 2. The molecular weight excluding hydrogens is 364 g/mol. The summed E-state index contributed by atoms with van der Waals surface area (Å²) in [6.45, 7) is 3.82. The second-order valence-corrected chi connectivity index (χ2v) is 7.59. The van der Waals surface area contributed by atoms with E-state index in [0.717, 1.165) is 47.9 Å². The molecule has 144 valence electrons. The molecule has 0 atom stereocenters. The smallest absolute Gasteiger partial charge is 0.294 e. The van der Waals surface area contributed by atoms with Gasteiger partial charge >= 0.3 is 0 Å². The summed E-state index contributed by atoms with van der Waals surface area (Å²) in [4.78, 5) is 40.5. The summed E-state index contributed by atoms with van der Waals surface area (Å²) < 4.78 is 5.70. The standard InChI is InChI=1S/C20H24N2O4S/c1-2-12-26-16-9-5-4-8-15(16)13-17-19(24)22(20(25)27-17)14-18(23)21-10-6-3-7-11-21/h4-5,8-9,13H,2-3,6-7,10-12,14H2,1H3/b17-13+. The van der Waals surface area contributed by atoms with Crippen molar-refractivity contribution in [1.29, 1.82) is 0 Å². The number of benzene rings is 1. The van der Waals surface area contributed by atoms with E-state index in [4.69, 9.17) is 4.74 Å². The van der Waals surface area contributed by atoms with Crippen LogP contribution in [0, 0.1) is 0 Å². The quantitative estimate of drug-likeness (QED) is 0.698. The molecule has 1 aromatic carbocycles. The summed E-state index contributed by atoms with van der Waals surface area (Å²) in [5, 5.41) is -0.399. The molecule has 2 fully saturated rings. The number of amides is 3. The summed E-state index contributed by atoms with van der Waals surface area (Å²) >= 11 is 0.870. The minimum Gasteiger partial charge on any atom is -0.493 e. The zero-order valence-corrected chi connectivity index (χ0v) is 16.3. The number of likely N-dealkylation sites (tertiary alicyclic amines) is 1. The predicted octanol–water partition coefficient (Wildman–Crippen LogP) is 3.52. The van der Waals surface area contributed by atoms with Gasteiger partial charge in [0.1, 0.15) is 12.3 Å². The predicted molar refractivity (Wildman–Crippen MR) is 105 cm³/mol. The van der Waals surface area contributed by atoms with Crippen LogP contribution in [0.25, 0.3) is 6.08 Å². The molecule has 2 aliphatic rings. The fourth-order valence-corrected chi connectivity index (χ4v) is 3.93. The Morgan fingerprint density at radius 1 is 1.19 bits per heavy atom. The fraction of sp³-hybridized carbons (Fsp3) is 0.450. The van der Waals surface area contributed by atoms with E-state index in [1.165, 1.54) is 0 Å². The Kier molecular flexibility index (Phi) is 6.55. The lowest BCUT2D eigenvalue weighted by Crippen LogP contribution is -2.44. The zero-order valence-electron chi connectivity index (χ0n) is 15.5. The van der Waals surface area contributed by atoms with Crippen molar-refractivity contribution in [2.75, 3.05) is 26.2 Å². The molecule has 0 unspecified atom stereocenters. The Morgan fingerprint density at radius 2 is 1.93 bits per heavy atom. The molecule has 0 aliphatic carbocycles. The lowest BCUT2D eigenvalue weighted by atomic mass is 10.1. The Labute approximate surface area is 163 Å². The van der Waals surface area contributed by atoms with E-state index in [2.05, 4.69) is 0 Å². The minimum atomic E-state index is -0.416. The summed E-state index contributed by atoms with van der Waals surface area (Å²) in [7, 11) is 0. The van der Waals surface area contributed by atoms with Crippen molar-refractivity contribution in [3.05, 3.63) is 34.7 Å². The molecule has 0 saturated carbocycles. The summed E-state index contributed by atoms with van der Waals surface area (Å²) in [5.41, 5.74) is 0.749. The van der Waals surface area contributed by atoms with Gasteiger partial charge in [0.2, 0.25) is 5.91 Å². The van der Waals surface area contributed by atoms with Crippen LogP contribution in [0.3, 0.4) is 0 Å². The molecule has 27 heavy (non-hydrogen) atoms. The maximum atomic E-state index is 12.7. The molecule has 3 amide bonds. The molecule has 0 aromatic heterocycles. The lowest BCUT2D eigenvalue weighted by molar-refractivity contribution is -0.136. The van der Waals surface area contributed by atoms with Crippen molar-refractivity contribution in [1.82, 2.24) is 9.80 Å². The van der Waals surface area contributed by atoms with Crippen LogP contribution in [0.15, 0.2) is 29.2 Å². The van der Waals surface area contributed by atoms with Gasteiger partial charge in [-0.2, -0.15) is 0 Å². The maximum absolute atomic E-state index is 12.7. The molecular formula is C20H24N2O4S. The molecule has 7 heteroatoms. The van der Waals surface area contributed by atoms with Crippen molar-refractivity contribution in [2.45, 2.75) is 32.6 Å². The molecule has 0 N–H and O–H groups in total. The Hall–Kier alpha value is -2.28. The number of para-hydroxylation sites is 1. The molecule has 0 radical (unpaired) electrons. The van der Waals surface area contributed by atoms with Crippen LogP contribution in [0.2, 0.25) is 0 Å². The highest BCUT2D eigenvalue weighted by molar-refractivity contribution is 8.18. The number of carbonyl (C=O) groups excluding carboxylic acids is 3. The van der Waals surface area contributed by atoms with Crippen molar-refractivity contribution < 1.29 is 19.1 Å². The van der Waals surface area contributed by atoms with E-state index in [9.17, 15) is 14.4 Å². The van der Waals surface area contributed by atoms with Gasteiger partial charge in [0.05, 0.1) is 11.5 Å². The van der Waals surface area contributed by atoms with Gasteiger partial charge in [0.15, 0.2) is 0 Å². The third-order valence-corrected chi connectivity index (χ3v) is 5.45. The molecule has 0 bridgehead atoms. The van der Waals surface area contributed by atoms with E-state index >= 15 is 0 Å². The van der Waals surface area contributed by atoms with Crippen molar-refractivity contribution in [2.24, 2.45) is 0 Å². The first-order valence-electron chi connectivity index (χ1n) is 9.35. The third-order valence-electron chi connectivity index (χ3n) is 4.54. The second-order valence-electron chi connectivity index (χ2n) is 6.60. The fourth-order valence-electron chi connectivity index (χ4n) is 3.10. The van der Waals surface area contributed by atoms with Crippen LogP contribution in [-0.4, -0.2) is 53.1 Å². The molecule has 2 heterocycles. The number of carbonyl (C=O) groups is 3. The number of hydrogen-bond donors (Lipinski definition) is 0. The van der Waals surface area contributed by atoms with Gasteiger partial charge in [0.25, 0.3) is 11.1 Å². The van der Waals surface area contributed by atoms with Gasteiger partial charge in [-0.15, -0.1) is 0 Å². The molecule has 3 rings (SSSR count). The maximum Gasteiger partial charge on any atom is 0.294 e. The highest BCUT2D eigenvalue weighted by atomic mass is 32.2. The van der Waals surface area contributed by atoms with E-state index in [0.29, 0.717) is 30.4 Å². The minimum absolute atomic E-state index is 0.162. The highest BCUT2D eigenvalue weighted by Gasteiger charge is 2.37. The number of imide groups is 1. The summed E-state index contributed by atoms with van der Waals surface area (Å²) in [6, 6.07) is 7.41. The second kappa shape index (κ2) is 9.08. The van der Waals surface area contributed by atoms with E-state index < -0.39 is 11.1 Å². The number of ether oxygens (including phenoxy) is 1. The Balaban J connectivity index is 1.72.